The Hall–Kier alpha value is 0.0700. The Kier molecular flexibility index (Phi) is 1.76. The first-order valence-corrected chi connectivity index (χ1v) is 5.39. The Balaban J connectivity index is 2.59. The maximum Gasteiger partial charge on any atom is 0.0728 e. The van der Waals surface area contributed by atoms with Gasteiger partial charge in [0.1, 0.15) is 0 Å². The number of nitrogens with one attached hydrogen (secondary N) is 1. The van der Waals surface area contributed by atoms with Gasteiger partial charge in [-0.15, -0.1) is 12.6 Å². The lowest BCUT2D eigenvalue weighted by molar-refractivity contribution is 1.36. The molecule has 0 aromatic heterocycles. The maximum atomic E-state index is 4.30. The summed E-state index contributed by atoms with van der Waals surface area (Å²) in [4.78, 5) is 2.30. The highest BCUT2D eigenvalue weighted by Crippen LogP contribution is 2.46. The van der Waals surface area contributed by atoms with E-state index in [4.69, 9.17) is 0 Å². The molecule has 52 valence electrons. The van der Waals surface area contributed by atoms with Crippen molar-refractivity contribution in [1.29, 1.82) is 0 Å². The number of thiol groups is 1. The van der Waals surface area contributed by atoms with Crippen LogP contribution in [0.5, 0.6) is 0 Å². The van der Waals surface area contributed by atoms with Crippen molar-refractivity contribution >= 4 is 40.1 Å². The minimum absolute atomic E-state index is 1.02. The third-order valence-corrected chi connectivity index (χ3v) is 3.58. The van der Waals surface area contributed by atoms with E-state index in [2.05, 4.69) is 23.4 Å². The molecule has 0 amide bonds. The molecule has 4 heteroatoms. The van der Waals surface area contributed by atoms with Gasteiger partial charge in [-0.1, -0.05) is 6.07 Å². The fourth-order valence-corrected chi connectivity index (χ4v) is 3.15. The number of rotatable bonds is 0. The second-order valence-electron chi connectivity index (χ2n) is 1.92. The highest BCUT2D eigenvalue weighted by Gasteiger charge is 2.12. The van der Waals surface area contributed by atoms with Gasteiger partial charge >= 0.3 is 0 Å². The maximum absolute atomic E-state index is 4.30. The van der Waals surface area contributed by atoms with Crippen LogP contribution < -0.4 is 4.72 Å². The van der Waals surface area contributed by atoms with Crippen LogP contribution in [0.3, 0.4) is 0 Å². The molecule has 1 heterocycles. The van der Waals surface area contributed by atoms with Crippen LogP contribution in [0.1, 0.15) is 0 Å². The van der Waals surface area contributed by atoms with Gasteiger partial charge in [-0.25, -0.2) is 0 Å². The Bertz CT molecular complexity index is 261. The van der Waals surface area contributed by atoms with Crippen molar-refractivity contribution in [1.82, 2.24) is 0 Å². The second kappa shape index (κ2) is 2.60. The van der Waals surface area contributed by atoms with Crippen molar-refractivity contribution < 1.29 is 0 Å². The largest absolute Gasteiger partial charge is 0.318 e. The Morgan fingerprint density at radius 2 is 2.30 bits per heavy atom. The van der Waals surface area contributed by atoms with Crippen LogP contribution in [0.4, 0.5) is 5.69 Å². The number of fused-ring (bicyclic) bond motifs is 1. The molecular weight excluding hydrogens is 182 g/mol. The summed E-state index contributed by atoms with van der Waals surface area (Å²) in [7, 11) is 3.37. The molecule has 10 heavy (non-hydrogen) atoms. The fourth-order valence-electron chi connectivity index (χ4n) is 0.799. The summed E-state index contributed by atoms with van der Waals surface area (Å²) < 4.78 is 3.17. The lowest BCUT2D eigenvalue weighted by Gasteiger charge is -1.98. The van der Waals surface area contributed by atoms with E-state index in [9.17, 15) is 0 Å². The first-order valence-electron chi connectivity index (χ1n) is 2.79. The molecule has 1 aliphatic heterocycles. The molecule has 0 saturated carbocycles. The van der Waals surface area contributed by atoms with Crippen molar-refractivity contribution in [2.24, 2.45) is 0 Å². The van der Waals surface area contributed by atoms with Crippen LogP contribution in [-0.2, 0) is 0 Å². The van der Waals surface area contributed by atoms with Crippen molar-refractivity contribution in [2.45, 2.75) is 9.79 Å². The van der Waals surface area contributed by atoms with E-state index in [1.165, 1.54) is 4.90 Å². The van der Waals surface area contributed by atoms with E-state index < -0.39 is 0 Å². The van der Waals surface area contributed by atoms with Crippen molar-refractivity contribution in [2.75, 3.05) is 4.72 Å². The normalized spacial score (nSPS) is 14.5. The van der Waals surface area contributed by atoms with Crippen LogP contribution >= 0.6 is 34.4 Å². The standard InChI is InChI=1S/C6H5NS3/c8-4-2-1-3-5-6(4)7-10-9-5/h1-3,7-8H. The second-order valence-corrected chi connectivity index (χ2v) is 4.38. The summed E-state index contributed by atoms with van der Waals surface area (Å²) in [6.07, 6.45) is 0. The molecule has 1 aromatic rings. The van der Waals surface area contributed by atoms with E-state index >= 15 is 0 Å². The van der Waals surface area contributed by atoms with Gasteiger partial charge in [-0.2, -0.15) is 0 Å². The van der Waals surface area contributed by atoms with Crippen molar-refractivity contribution in [3.63, 3.8) is 0 Å². The first kappa shape index (κ1) is 6.76. The number of hydrogen-bond acceptors (Lipinski definition) is 4. The number of para-hydroxylation sites is 1. The van der Waals surface area contributed by atoms with Gasteiger partial charge in [-0.05, 0) is 22.9 Å². The molecule has 2 rings (SSSR count). The molecule has 1 aromatic carbocycles. The van der Waals surface area contributed by atoms with Crippen molar-refractivity contribution in [3.8, 4) is 0 Å². The summed E-state index contributed by atoms with van der Waals surface area (Å²) in [5, 5.41) is 0. The summed E-state index contributed by atoms with van der Waals surface area (Å²) in [5.41, 5.74) is 1.15. The smallest absolute Gasteiger partial charge is 0.0728 e. The average molecular weight is 187 g/mol. The fraction of sp³-hybridized carbons (Fsp3) is 0. The topological polar surface area (TPSA) is 12.0 Å². The lowest BCUT2D eigenvalue weighted by atomic mass is 10.3. The molecule has 0 radical (unpaired) electrons. The summed E-state index contributed by atoms with van der Waals surface area (Å²) in [6.45, 7) is 0. The van der Waals surface area contributed by atoms with E-state index in [1.54, 1.807) is 21.8 Å². The van der Waals surface area contributed by atoms with E-state index in [0.717, 1.165) is 10.6 Å². The molecule has 0 unspecified atom stereocenters. The van der Waals surface area contributed by atoms with E-state index in [-0.39, 0.29) is 0 Å². The van der Waals surface area contributed by atoms with Crippen LogP contribution in [0.2, 0.25) is 0 Å². The van der Waals surface area contributed by atoms with E-state index in [0.29, 0.717) is 0 Å². The number of hydrogen-bond donors (Lipinski definition) is 2. The highest BCUT2D eigenvalue weighted by molar-refractivity contribution is 8.77. The van der Waals surface area contributed by atoms with Gasteiger partial charge in [0, 0.05) is 20.8 Å². The SMILES string of the molecule is Sc1cccc2c1NSS2. The summed E-state index contributed by atoms with van der Waals surface area (Å²) in [5.74, 6) is 0. The Morgan fingerprint density at radius 1 is 1.40 bits per heavy atom. The molecule has 0 bridgehead atoms. The number of benzene rings is 1. The zero-order valence-corrected chi connectivity index (χ0v) is 7.52. The molecule has 1 nitrogen and oxygen atoms in total. The van der Waals surface area contributed by atoms with Gasteiger partial charge in [0.05, 0.1) is 5.69 Å². The molecule has 1 N–H and O–H groups in total. The van der Waals surface area contributed by atoms with Gasteiger partial charge in [0.15, 0.2) is 0 Å². The highest BCUT2D eigenvalue weighted by atomic mass is 33.1. The quantitative estimate of drug-likeness (QED) is 0.368. The Morgan fingerprint density at radius 3 is 3.10 bits per heavy atom. The minimum Gasteiger partial charge on any atom is -0.318 e. The minimum atomic E-state index is 1.02. The number of anilines is 1. The zero-order valence-electron chi connectivity index (χ0n) is 5.00. The van der Waals surface area contributed by atoms with Crippen LogP contribution in [0.15, 0.2) is 28.0 Å². The predicted octanol–water partition coefficient (Wildman–Crippen LogP) is 3.06. The van der Waals surface area contributed by atoms with Gasteiger partial charge in [0.25, 0.3) is 0 Å². The Labute approximate surface area is 72.9 Å². The monoisotopic (exact) mass is 187 g/mol. The molecule has 0 atom stereocenters. The predicted molar refractivity (Wildman–Crippen MR) is 50.8 cm³/mol. The summed E-state index contributed by atoms with van der Waals surface area (Å²) in [6, 6.07) is 6.09. The van der Waals surface area contributed by atoms with Gasteiger partial charge in [0.2, 0.25) is 0 Å². The zero-order chi connectivity index (χ0) is 6.97. The lowest BCUT2D eigenvalue weighted by Crippen LogP contribution is -1.79. The van der Waals surface area contributed by atoms with Crippen LogP contribution in [-0.4, -0.2) is 0 Å². The molecule has 0 spiro atoms. The molecule has 1 aliphatic rings. The van der Waals surface area contributed by atoms with Crippen molar-refractivity contribution in [3.05, 3.63) is 18.2 Å². The molecule has 0 saturated heterocycles. The van der Waals surface area contributed by atoms with Gasteiger partial charge in [-0.3, -0.25) is 0 Å². The first-order chi connectivity index (χ1) is 4.88. The third-order valence-electron chi connectivity index (χ3n) is 1.28. The van der Waals surface area contributed by atoms with Crippen LogP contribution in [0, 0.1) is 0 Å². The van der Waals surface area contributed by atoms with Gasteiger partial charge < -0.3 is 4.72 Å². The summed E-state index contributed by atoms with van der Waals surface area (Å²) >= 11 is 4.30. The molecular formula is C6H5NS3. The molecule has 0 aliphatic carbocycles. The van der Waals surface area contributed by atoms with Crippen LogP contribution in [0.25, 0.3) is 0 Å². The molecule has 0 fully saturated rings. The third kappa shape index (κ3) is 1.00. The van der Waals surface area contributed by atoms with E-state index in [1.807, 2.05) is 12.1 Å². The average Bonchev–Trinajstić information content (AvgIpc) is 2.36.